The number of carboxylic acids is 1. The molecule has 6 nitrogen and oxygen atoms in total. The van der Waals surface area contributed by atoms with Crippen LogP contribution in [0.2, 0.25) is 0 Å². The number of benzene rings is 3. The van der Waals surface area contributed by atoms with Crippen LogP contribution in [0.3, 0.4) is 0 Å². The van der Waals surface area contributed by atoms with Crippen molar-refractivity contribution in [2.45, 2.75) is 60.2 Å². The van der Waals surface area contributed by atoms with Crippen molar-refractivity contribution in [2.75, 3.05) is 19.2 Å². The molecule has 2 N–H and O–H groups in total. The van der Waals surface area contributed by atoms with Gasteiger partial charge in [-0.25, -0.2) is 4.79 Å². The molecule has 1 aliphatic heterocycles. The fourth-order valence-corrected chi connectivity index (χ4v) is 4.93. The third-order valence-electron chi connectivity index (χ3n) is 6.71. The van der Waals surface area contributed by atoms with E-state index in [1.54, 1.807) is 0 Å². The van der Waals surface area contributed by atoms with Gasteiger partial charge < -0.3 is 24.6 Å². The Morgan fingerprint density at radius 2 is 1.56 bits per heavy atom. The lowest BCUT2D eigenvalue weighted by molar-refractivity contribution is -0.160. The molecule has 0 radical (unpaired) electrons. The maximum absolute atomic E-state index is 12.7. The molecule has 0 saturated carbocycles. The standard InChI is InChI=1S/C30H35NO5/c1-16-9-10-20(13-17(16)2)25-18(3)24(21-11-12-22-23(14-21)35-15-34-22)26(19(4)27(25)31-8)28(29(32)33)36-30(5,6)7/h9-14,28,31H,15H2,1-8H3,(H,32,33). The molecule has 0 amide bonds. The van der Waals surface area contributed by atoms with Crippen LogP contribution in [0.5, 0.6) is 11.5 Å². The first-order chi connectivity index (χ1) is 16.9. The highest BCUT2D eigenvalue weighted by atomic mass is 16.7. The van der Waals surface area contributed by atoms with Crippen molar-refractivity contribution < 1.29 is 24.1 Å². The topological polar surface area (TPSA) is 77.0 Å². The fourth-order valence-electron chi connectivity index (χ4n) is 4.93. The predicted octanol–water partition coefficient (Wildman–Crippen LogP) is 6.97. The van der Waals surface area contributed by atoms with Crippen LogP contribution in [-0.4, -0.2) is 30.5 Å². The van der Waals surface area contributed by atoms with Gasteiger partial charge in [0.1, 0.15) is 0 Å². The molecular formula is C30H35NO5. The Balaban J connectivity index is 2.11. The number of hydrogen-bond acceptors (Lipinski definition) is 5. The molecule has 0 aliphatic carbocycles. The Bertz CT molecular complexity index is 1340. The first-order valence-electron chi connectivity index (χ1n) is 12.2. The van der Waals surface area contributed by atoms with Crippen LogP contribution in [-0.2, 0) is 9.53 Å². The van der Waals surface area contributed by atoms with Crippen molar-refractivity contribution in [3.63, 3.8) is 0 Å². The lowest BCUT2D eigenvalue weighted by Crippen LogP contribution is -2.28. The molecule has 4 rings (SSSR count). The van der Waals surface area contributed by atoms with Crippen LogP contribution >= 0.6 is 0 Å². The van der Waals surface area contributed by atoms with Gasteiger partial charge in [-0.3, -0.25) is 0 Å². The van der Waals surface area contributed by atoms with E-state index in [0.29, 0.717) is 17.1 Å². The third kappa shape index (κ3) is 4.65. The first kappa shape index (κ1) is 25.6. The maximum Gasteiger partial charge on any atom is 0.337 e. The number of carbonyl (C=O) groups is 1. The van der Waals surface area contributed by atoms with Crippen LogP contribution in [0, 0.1) is 27.7 Å². The summed E-state index contributed by atoms with van der Waals surface area (Å²) in [5.74, 6) is 0.288. The summed E-state index contributed by atoms with van der Waals surface area (Å²) in [5, 5.41) is 13.7. The van der Waals surface area contributed by atoms with Crippen LogP contribution in [0.15, 0.2) is 36.4 Å². The number of ether oxygens (including phenoxy) is 3. The first-order valence-corrected chi connectivity index (χ1v) is 12.2. The Morgan fingerprint density at radius 1 is 0.917 bits per heavy atom. The van der Waals surface area contributed by atoms with E-state index in [-0.39, 0.29) is 6.79 Å². The largest absolute Gasteiger partial charge is 0.479 e. The summed E-state index contributed by atoms with van der Waals surface area (Å²) in [4.78, 5) is 12.7. The smallest absolute Gasteiger partial charge is 0.337 e. The number of anilines is 1. The normalized spacial score (nSPS) is 13.6. The molecule has 1 atom stereocenters. The molecule has 1 aliphatic rings. The van der Waals surface area contributed by atoms with Crippen LogP contribution < -0.4 is 14.8 Å². The summed E-state index contributed by atoms with van der Waals surface area (Å²) in [7, 11) is 1.87. The molecule has 36 heavy (non-hydrogen) atoms. The average molecular weight is 490 g/mol. The van der Waals surface area contributed by atoms with Crippen LogP contribution in [0.25, 0.3) is 22.3 Å². The fraction of sp³-hybridized carbons (Fsp3) is 0.367. The van der Waals surface area contributed by atoms with E-state index in [4.69, 9.17) is 14.2 Å². The quantitative estimate of drug-likeness (QED) is 0.390. The summed E-state index contributed by atoms with van der Waals surface area (Å²) in [6, 6.07) is 12.2. The van der Waals surface area contributed by atoms with E-state index in [2.05, 4.69) is 37.4 Å². The monoisotopic (exact) mass is 489 g/mol. The number of rotatable bonds is 6. The van der Waals surface area contributed by atoms with Gasteiger partial charge in [0.15, 0.2) is 17.6 Å². The van der Waals surface area contributed by atoms with Crippen molar-refractivity contribution in [1.29, 1.82) is 0 Å². The highest BCUT2D eigenvalue weighted by molar-refractivity contribution is 5.94. The zero-order chi connectivity index (χ0) is 26.4. The van der Waals surface area contributed by atoms with Gasteiger partial charge >= 0.3 is 5.97 Å². The molecule has 3 aromatic carbocycles. The summed E-state index contributed by atoms with van der Waals surface area (Å²) in [5.41, 5.74) is 8.85. The number of hydrogen-bond donors (Lipinski definition) is 2. The highest BCUT2D eigenvalue weighted by Gasteiger charge is 2.34. The molecule has 0 fully saturated rings. The van der Waals surface area contributed by atoms with Crippen molar-refractivity contribution in [1.82, 2.24) is 0 Å². The molecule has 190 valence electrons. The number of aryl methyl sites for hydroxylation is 2. The third-order valence-corrected chi connectivity index (χ3v) is 6.71. The summed E-state index contributed by atoms with van der Waals surface area (Å²) < 4.78 is 17.4. The van der Waals surface area contributed by atoms with E-state index in [9.17, 15) is 9.90 Å². The molecule has 0 aromatic heterocycles. The summed E-state index contributed by atoms with van der Waals surface area (Å²) in [6.07, 6.45) is -1.16. The van der Waals surface area contributed by atoms with Crippen molar-refractivity contribution in [2.24, 2.45) is 0 Å². The predicted molar refractivity (Wildman–Crippen MR) is 143 cm³/mol. The number of carboxylic acid groups (broad SMARTS) is 1. The Hall–Kier alpha value is -3.51. The number of aliphatic carboxylic acids is 1. The van der Waals surface area contributed by atoms with Gasteiger partial charge in [-0.1, -0.05) is 24.3 Å². The minimum absolute atomic E-state index is 0.168. The van der Waals surface area contributed by atoms with Crippen LogP contribution in [0.4, 0.5) is 5.69 Å². The van der Waals surface area contributed by atoms with Gasteiger partial charge in [0.2, 0.25) is 6.79 Å². The summed E-state index contributed by atoms with van der Waals surface area (Å²) >= 11 is 0. The molecule has 1 unspecified atom stereocenters. The second-order valence-electron chi connectivity index (χ2n) is 10.4. The Morgan fingerprint density at radius 3 is 2.17 bits per heavy atom. The van der Waals surface area contributed by atoms with Crippen LogP contribution in [0.1, 0.15) is 54.7 Å². The average Bonchev–Trinajstić information content (AvgIpc) is 3.27. The molecule has 1 heterocycles. The van der Waals surface area contributed by atoms with Gasteiger partial charge in [0, 0.05) is 23.9 Å². The Kier molecular flexibility index (Phi) is 6.76. The maximum atomic E-state index is 12.7. The molecular weight excluding hydrogens is 454 g/mol. The molecule has 0 bridgehead atoms. The van der Waals surface area contributed by atoms with E-state index >= 15 is 0 Å². The van der Waals surface area contributed by atoms with Crippen molar-refractivity contribution in [3.05, 3.63) is 64.2 Å². The number of fused-ring (bicyclic) bond motifs is 1. The second kappa shape index (κ2) is 9.51. The highest BCUT2D eigenvalue weighted by Crippen LogP contribution is 2.48. The van der Waals surface area contributed by atoms with E-state index in [0.717, 1.165) is 39.1 Å². The molecule has 0 spiro atoms. The lowest BCUT2D eigenvalue weighted by atomic mass is 9.82. The molecule has 0 saturated heterocycles. The second-order valence-corrected chi connectivity index (χ2v) is 10.4. The number of nitrogens with one attached hydrogen (secondary N) is 1. The van der Waals surface area contributed by atoms with Crippen molar-refractivity contribution >= 4 is 11.7 Å². The summed E-state index contributed by atoms with van der Waals surface area (Å²) in [6.45, 7) is 14.0. The van der Waals surface area contributed by atoms with E-state index < -0.39 is 17.7 Å². The van der Waals surface area contributed by atoms with Gasteiger partial charge in [-0.05, 0) is 99.5 Å². The molecule has 6 heteroatoms. The van der Waals surface area contributed by atoms with Crippen molar-refractivity contribution in [3.8, 4) is 33.8 Å². The molecule has 3 aromatic rings. The zero-order valence-electron chi connectivity index (χ0n) is 22.3. The minimum Gasteiger partial charge on any atom is -0.479 e. The Labute approximate surface area is 213 Å². The lowest BCUT2D eigenvalue weighted by Gasteiger charge is -2.31. The van der Waals surface area contributed by atoms with Gasteiger partial charge in [0.25, 0.3) is 0 Å². The van der Waals surface area contributed by atoms with Gasteiger partial charge in [-0.15, -0.1) is 0 Å². The van der Waals surface area contributed by atoms with E-state index in [1.165, 1.54) is 11.1 Å². The van der Waals surface area contributed by atoms with Gasteiger partial charge in [-0.2, -0.15) is 0 Å². The van der Waals surface area contributed by atoms with Gasteiger partial charge in [0.05, 0.1) is 5.60 Å². The zero-order valence-corrected chi connectivity index (χ0v) is 22.3. The SMILES string of the molecule is CNc1c(C)c(C(OC(C)(C)C)C(=O)O)c(-c2ccc3c(c2)OCO3)c(C)c1-c1ccc(C)c(C)c1. The minimum atomic E-state index is -1.16. The van der Waals surface area contributed by atoms with E-state index in [1.807, 2.05) is 59.9 Å².